The lowest BCUT2D eigenvalue weighted by atomic mass is 9.98. The predicted octanol–water partition coefficient (Wildman–Crippen LogP) is 1.78. The quantitative estimate of drug-likeness (QED) is 0.805. The summed E-state index contributed by atoms with van der Waals surface area (Å²) in [5.74, 6) is -0.295. The molecule has 4 atom stereocenters. The maximum atomic E-state index is 11.9. The van der Waals surface area contributed by atoms with Crippen molar-refractivity contribution in [1.29, 1.82) is 0 Å². The SMILES string of the molecule is CC(CN(C)C(=O)NC1CCC(C)C1C)C(=O)O. The topological polar surface area (TPSA) is 69.6 Å². The third kappa shape index (κ3) is 3.62. The van der Waals surface area contributed by atoms with E-state index in [-0.39, 0.29) is 18.6 Å². The number of aliphatic carboxylic acids is 1. The molecule has 2 amide bonds. The van der Waals surface area contributed by atoms with E-state index in [4.69, 9.17) is 5.11 Å². The van der Waals surface area contributed by atoms with Crippen LogP contribution in [0.2, 0.25) is 0 Å². The van der Waals surface area contributed by atoms with Crippen molar-refractivity contribution in [2.24, 2.45) is 17.8 Å². The van der Waals surface area contributed by atoms with E-state index < -0.39 is 11.9 Å². The van der Waals surface area contributed by atoms with E-state index in [9.17, 15) is 9.59 Å². The summed E-state index contributed by atoms with van der Waals surface area (Å²) in [5, 5.41) is 11.8. The van der Waals surface area contributed by atoms with Crippen LogP contribution in [0, 0.1) is 17.8 Å². The maximum absolute atomic E-state index is 11.9. The fraction of sp³-hybridized carbons (Fsp3) is 0.846. The highest BCUT2D eigenvalue weighted by molar-refractivity contribution is 5.76. The number of urea groups is 1. The molecule has 1 saturated carbocycles. The number of amides is 2. The normalized spacial score (nSPS) is 28.8. The molecule has 0 saturated heterocycles. The van der Waals surface area contributed by atoms with Crippen LogP contribution in [0.1, 0.15) is 33.6 Å². The van der Waals surface area contributed by atoms with Gasteiger partial charge < -0.3 is 15.3 Å². The number of carbonyl (C=O) groups excluding carboxylic acids is 1. The fourth-order valence-electron chi connectivity index (χ4n) is 2.41. The second-order valence-electron chi connectivity index (χ2n) is 5.59. The Morgan fingerprint density at radius 1 is 1.39 bits per heavy atom. The van der Waals surface area contributed by atoms with Crippen molar-refractivity contribution in [2.75, 3.05) is 13.6 Å². The third-order valence-corrected chi connectivity index (χ3v) is 4.09. The molecule has 1 fully saturated rings. The Bertz CT molecular complexity index is 319. The average Bonchev–Trinajstić information content (AvgIpc) is 2.60. The number of carboxylic acid groups (broad SMARTS) is 1. The third-order valence-electron chi connectivity index (χ3n) is 4.09. The smallest absolute Gasteiger partial charge is 0.317 e. The first-order valence-corrected chi connectivity index (χ1v) is 6.57. The second kappa shape index (κ2) is 6.07. The molecule has 18 heavy (non-hydrogen) atoms. The van der Waals surface area contributed by atoms with Crippen LogP contribution >= 0.6 is 0 Å². The van der Waals surface area contributed by atoms with Crippen LogP contribution in [0.15, 0.2) is 0 Å². The molecule has 0 heterocycles. The maximum Gasteiger partial charge on any atom is 0.317 e. The first kappa shape index (κ1) is 14.8. The van der Waals surface area contributed by atoms with Gasteiger partial charge in [0, 0.05) is 19.6 Å². The van der Waals surface area contributed by atoms with Gasteiger partial charge in [0.15, 0.2) is 0 Å². The number of hydrogen-bond acceptors (Lipinski definition) is 2. The molecule has 1 aliphatic carbocycles. The first-order valence-electron chi connectivity index (χ1n) is 6.57. The van der Waals surface area contributed by atoms with E-state index in [0.29, 0.717) is 11.8 Å². The zero-order valence-electron chi connectivity index (χ0n) is 11.6. The standard InChI is InChI=1S/C13H24N2O3/c1-8-5-6-11(10(8)3)14-13(18)15(4)7-9(2)12(16)17/h8-11H,5-7H2,1-4H3,(H,14,18)(H,16,17). The van der Waals surface area contributed by atoms with E-state index in [0.717, 1.165) is 12.8 Å². The molecular formula is C13H24N2O3. The molecule has 0 aromatic heterocycles. The molecule has 5 heteroatoms. The Balaban J connectivity index is 2.43. The summed E-state index contributed by atoms with van der Waals surface area (Å²) in [4.78, 5) is 24.1. The number of hydrogen-bond donors (Lipinski definition) is 2. The minimum Gasteiger partial charge on any atom is -0.481 e. The van der Waals surface area contributed by atoms with Crippen molar-refractivity contribution >= 4 is 12.0 Å². The Morgan fingerprint density at radius 3 is 2.44 bits per heavy atom. The van der Waals surface area contributed by atoms with Crippen molar-refractivity contribution in [3.63, 3.8) is 0 Å². The Labute approximate surface area is 109 Å². The Kier molecular flexibility index (Phi) is 4.99. The number of carbonyl (C=O) groups is 2. The predicted molar refractivity (Wildman–Crippen MR) is 69.3 cm³/mol. The lowest BCUT2D eigenvalue weighted by molar-refractivity contribution is -0.141. The lowest BCUT2D eigenvalue weighted by Crippen LogP contribution is -2.46. The molecule has 0 aromatic rings. The minimum absolute atomic E-state index is 0.172. The zero-order valence-corrected chi connectivity index (χ0v) is 11.6. The Hall–Kier alpha value is -1.26. The average molecular weight is 256 g/mol. The number of nitrogens with zero attached hydrogens (tertiary/aromatic N) is 1. The molecule has 0 bridgehead atoms. The van der Waals surface area contributed by atoms with Crippen LogP contribution < -0.4 is 5.32 Å². The van der Waals surface area contributed by atoms with Crippen LogP contribution in [0.5, 0.6) is 0 Å². The summed E-state index contributed by atoms with van der Waals surface area (Å²) in [6, 6.07) is 0.0455. The van der Waals surface area contributed by atoms with E-state index in [1.54, 1.807) is 14.0 Å². The monoisotopic (exact) mass is 256 g/mol. The zero-order chi connectivity index (χ0) is 13.9. The fourth-order valence-corrected chi connectivity index (χ4v) is 2.41. The molecule has 0 spiro atoms. The van der Waals surface area contributed by atoms with E-state index in [2.05, 4.69) is 19.2 Å². The van der Waals surface area contributed by atoms with E-state index >= 15 is 0 Å². The Morgan fingerprint density at radius 2 is 2.00 bits per heavy atom. The number of carboxylic acids is 1. The summed E-state index contributed by atoms with van der Waals surface area (Å²) in [5.41, 5.74) is 0. The van der Waals surface area contributed by atoms with Gasteiger partial charge in [-0.05, 0) is 24.7 Å². The first-order chi connectivity index (χ1) is 8.32. The van der Waals surface area contributed by atoms with Crippen molar-refractivity contribution in [2.45, 2.75) is 39.7 Å². The summed E-state index contributed by atoms with van der Waals surface area (Å²) < 4.78 is 0. The molecular weight excluding hydrogens is 232 g/mol. The van der Waals surface area contributed by atoms with Gasteiger partial charge in [0.25, 0.3) is 0 Å². The van der Waals surface area contributed by atoms with E-state index in [1.165, 1.54) is 4.90 Å². The van der Waals surface area contributed by atoms with E-state index in [1.807, 2.05) is 0 Å². The highest BCUT2D eigenvalue weighted by Gasteiger charge is 2.31. The molecule has 5 nitrogen and oxygen atoms in total. The molecule has 104 valence electrons. The van der Waals surface area contributed by atoms with Gasteiger partial charge in [-0.1, -0.05) is 20.8 Å². The molecule has 0 radical (unpaired) electrons. The van der Waals surface area contributed by atoms with Crippen LogP contribution in [0.4, 0.5) is 4.79 Å². The molecule has 2 N–H and O–H groups in total. The van der Waals surface area contributed by atoms with Gasteiger partial charge in [0.1, 0.15) is 0 Å². The lowest BCUT2D eigenvalue weighted by Gasteiger charge is -2.25. The summed E-state index contributed by atoms with van der Waals surface area (Å²) in [7, 11) is 1.64. The number of nitrogens with one attached hydrogen (secondary N) is 1. The van der Waals surface area contributed by atoms with Crippen molar-refractivity contribution in [3.05, 3.63) is 0 Å². The van der Waals surface area contributed by atoms with Gasteiger partial charge in [-0.3, -0.25) is 4.79 Å². The largest absolute Gasteiger partial charge is 0.481 e. The van der Waals surface area contributed by atoms with Gasteiger partial charge in [-0.25, -0.2) is 4.79 Å². The van der Waals surface area contributed by atoms with Gasteiger partial charge in [-0.2, -0.15) is 0 Å². The molecule has 0 aliphatic heterocycles. The van der Waals surface area contributed by atoms with Gasteiger partial charge >= 0.3 is 12.0 Å². The molecule has 0 aromatic carbocycles. The van der Waals surface area contributed by atoms with Crippen molar-refractivity contribution in [3.8, 4) is 0 Å². The number of rotatable bonds is 4. The highest BCUT2D eigenvalue weighted by Crippen LogP contribution is 2.31. The van der Waals surface area contributed by atoms with Gasteiger partial charge in [-0.15, -0.1) is 0 Å². The van der Waals surface area contributed by atoms with Crippen LogP contribution in [0.3, 0.4) is 0 Å². The van der Waals surface area contributed by atoms with Crippen molar-refractivity contribution < 1.29 is 14.7 Å². The molecule has 4 unspecified atom stereocenters. The second-order valence-corrected chi connectivity index (χ2v) is 5.59. The molecule has 1 rings (SSSR count). The van der Waals surface area contributed by atoms with Crippen LogP contribution in [-0.4, -0.2) is 41.6 Å². The van der Waals surface area contributed by atoms with Gasteiger partial charge in [0.05, 0.1) is 5.92 Å². The van der Waals surface area contributed by atoms with Crippen LogP contribution in [-0.2, 0) is 4.79 Å². The minimum atomic E-state index is -0.877. The van der Waals surface area contributed by atoms with Gasteiger partial charge in [0.2, 0.25) is 0 Å². The van der Waals surface area contributed by atoms with Crippen LogP contribution in [0.25, 0.3) is 0 Å². The summed E-state index contributed by atoms with van der Waals surface area (Å²) >= 11 is 0. The highest BCUT2D eigenvalue weighted by atomic mass is 16.4. The van der Waals surface area contributed by atoms with Crippen molar-refractivity contribution in [1.82, 2.24) is 10.2 Å². The molecule has 1 aliphatic rings. The summed E-state index contributed by atoms with van der Waals surface area (Å²) in [6.07, 6.45) is 2.15. The summed E-state index contributed by atoms with van der Waals surface area (Å²) in [6.45, 7) is 6.19.